The third-order valence-electron chi connectivity index (χ3n) is 2.95. The van der Waals surface area contributed by atoms with E-state index >= 15 is 0 Å². The van der Waals surface area contributed by atoms with Crippen molar-refractivity contribution in [1.82, 2.24) is 5.32 Å². The summed E-state index contributed by atoms with van der Waals surface area (Å²) in [6.45, 7) is 8.57. The van der Waals surface area contributed by atoms with Crippen LogP contribution in [0.5, 0.6) is 5.75 Å². The monoisotopic (exact) mass is 293 g/mol. The molecule has 5 nitrogen and oxygen atoms in total. The van der Waals surface area contributed by atoms with Gasteiger partial charge in [-0.3, -0.25) is 0 Å². The Labute approximate surface area is 125 Å². The summed E-state index contributed by atoms with van der Waals surface area (Å²) in [6.07, 6.45) is -0.366. The van der Waals surface area contributed by atoms with Crippen LogP contribution < -0.4 is 10.1 Å². The third kappa shape index (κ3) is 4.93. The smallest absolute Gasteiger partial charge is 0.407 e. The molecule has 0 aromatic heterocycles. The van der Waals surface area contributed by atoms with Gasteiger partial charge < -0.3 is 19.5 Å². The van der Waals surface area contributed by atoms with Crippen molar-refractivity contribution in [3.05, 3.63) is 29.8 Å². The summed E-state index contributed by atoms with van der Waals surface area (Å²) in [4.78, 5) is 11.5. The molecule has 1 amide bonds. The first kappa shape index (κ1) is 15.6. The van der Waals surface area contributed by atoms with Gasteiger partial charge >= 0.3 is 6.09 Å². The van der Waals surface area contributed by atoms with Crippen LogP contribution in [-0.2, 0) is 9.47 Å². The van der Waals surface area contributed by atoms with Crippen LogP contribution in [0.3, 0.4) is 0 Å². The number of epoxide rings is 1. The van der Waals surface area contributed by atoms with Crippen LogP contribution in [0.1, 0.15) is 39.4 Å². The van der Waals surface area contributed by atoms with E-state index < -0.39 is 11.7 Å². The minimum Gasteiger partial charge on any atom is -0.494 e. The molecule has 1 aromatic rings. The van der Waals surface area contributed by atoms with Crippen LogP contribution in [0.2, 0.25) is 0 Å². The molecule has 116 valence electrons. The maximum atomic E-state index is 11.5. The first-order valence-corrected chi connectivity index (χ1v) is 7.24. The highest BCUT2D eigenvalue weighted by Gasteiger charge is 2.40. The standard InChI is InChI=1S/C16H23NO4/c1-5-19-12-8-6-11(7-9-12)14-13(20-14)10-17-15(18)21-16(2,3)4/h6-9,13-14H,5,10H2,1-4H3,(H,17,18). The molecule has 0 aliphatic carbocycles. The van der Waals surface area contributed by atoms with Gasteiger partial charge in [0.1, 0.15) is 23.6 Å². The van der Waals surface area contributed by atoms with Crippen LogP contribution in [0, 0.1) is 0 Å². The zero-order valence-electron chi connectivity index (χ0n) is 13.0. The fraction of sp³-hybridized carbons (Fsp3) is 0.562. The quantitative estimate of drug-likeness (QED) is 0.848. The van der Waals surface area contributed by atoms with Gasteiger partial charge in [0.15, 0.2) is 0 Å². The summed E-state index contributed by atoms with van der Waals surface area (Å²) in [6, 6.07) is 7.84. The average Bonchev–Trinajstić information content (AvgIpc) is 3.15. The normalized spacial score (nSPS) is 20.8. The second-order valence-electron chi connectivity index (χ2n) is 5.98. The minimum atomic E-state index is -0.483. The molecule has 1 saturated heterocycles. The Kier molecular flexibility index (Phi) is 4.73. The van der Waals surface area contributed by atoms with E-state index in [1.54, 1.807) is 0 Å². The second-order valence-corrected chi connectivity index (χ2v) is 5.98. The molecule has 1 N–H and O–H groups in total. The molecule has 1 fully saturated rings. The van der Waals surface area contributed by atoms with E-state index in [2.05, 4.69) is 5.32 Å². The Morgan fingerprint density at radius 1 is 1.29 bits per heavy atom. The highest BCUT2D eigenvalue weighted by molar-refractivity contribution is 5.67. The lowest BCUT2D eigenvalue weighted by Gasteiger charge is -2.19. The molecule has 1 aromatic carbocycles. The number of hydrogen-bond acceptors (Lipinski definition) is 4. The molecule has 1 aliphatic rings. The zero-order chi connectivity index (χ0) is 15.5. The van der Waals surface area contributed by atoms with Gasteiger partial charge in [-0.25, -0.2) is 4.79 Å². The number of nitrogens with one attached hydrogen (secondary N) is 1. The van der Waals surface area contributed by atoms with Crippen molar-refractivity contribution in [1.29, 1.82) is 0 Å². The van der Waals surface area contributed by atoms with E-state index in [9.17, 15) is 4.79 Å². The summed E-state index contributed by atoms with van der Waals surface area (Å²) in [5.74, 6) is 0.852. The molecule has 0 bridgehead atoms. The van der Waals surface area contributed by atoms with Gasteiger partial charge in [-0.15, -0.1) is 0 Å². The van der Waals surface area contributed by atoms with Gasteiger partial charge in [-0.1, -0.05) is 12.1 Å². The molecular formula is C16H23NO4. The van der Waals surface area contributed by atoms with Gasteiger partial charge in [0.2, 0.25) is 0 Å². The topological polar surface area (TPSA) is 60.1 Å². The molecule has 2 rings (SSSR count). The Morgan fingerprint density at radius 3 is 2.52 bits per heavy atom. The first-order chi connectivity index (χ1) is 9.89. The van der Waals surface area contributed by atoms with E-state index in [-0.39, 0.29) is 12.2 Å². The largest absolute Gasteiger partial charge is 0.494 e. The number of hydrogen-bond donors (Lipinski definition) is 1. The molecule has 21 heavy (non-hydrogen) atoms. The van der Waals surface area contributed by atoms with Crippen LogP contribution in [0.4, 0.5) is 4.79 Å². The molecule has 1 heterocycles. The van der Waals surface area contributed by atoms with E-state index in [1.165, 1.54) is 0 Å². The Bertz CT molecular complexity index is 478. The number of benzene rings is 1. The van der Waals surface area contributed by atoms with Gasteiger partial charge in [0, 0.05) is 0 Å². The number of carbonyl (C=O) groups excluding carboxylic acids is 1. The predicted octanol–water partition coefficient (Wildman–Crippen LogP) is 3.05. The van der Waals surface area contributed by atoms with Crippen molar-refractivity contribution in [2.24, 2.45) is 0 Å². The molecule has 1 aliphatic heterocycles. The molecule has 2 unspecified atom stereocenters. The maximum Gasteiger partial charge on any atom is 0.407 e. The highest BCUT2D eigenvalue weighted by Crippen LogP contribution is 2.38. The van der Waals surface area contributed by atoms with Gasteiger partial charge in [0.05, 0.1) is 13.2 Å². The summed E-state index contributed by atoms with van der Waals surface area (Å²) in [5, 5.41) is 2.72. The fourth-order valence-electron chi connectivity index (χ4n) is 2.01. The van der Waals surface area contributed by atoms with Crippen molar-refractivity contribution in [2.45, 2.75) is 45.5 Å². The third-order valence-corrected chi connectivity index (χ3v) is 2.95. The van der Waals surface area contributed by atoms with Gasteiger partial charge in [-0.2, -0.15) is 0 Å². The van der Waals surface area contributed by atoms with E-state index in [0.29, 0.717) is 13.2 Å². The van der Waals surface area contributed by atoms with Crippen molar-refractivity contribution in [3.8, 4) is 5.75 Å². The number of ether oxygens (including phenoxy) is 3. The summed E-state index contributed by atoms with van der Waals surface area (Å²) < 4.78 is 16.1. The van der Waals surface area contributed by atoms with Crippen LogP contribution in [0.25, 0.3) is 0 Å². The Balaban J connectivity index is 1.76. The van der Waals surface area contributed by atoms with E-state index in [1.807, 2.05) is 52.0 Å². The van der Waals surface area contributed by atoms with Crippen LogP contribution in [0.15, 0.2) is 24.3 Å². The zero-order valence-corrected chi connectivity index (χ0v) is 13.0. The maximum absolute atomic E-state index is 11.5. The molecule has 0 saturated carbocycles. The molecule has 0 spiro atoms. The van der Waals surface area contributed by atoms with Gasteiger partial charge in [-0.05, 0) is 45.4 Å². The lowest BCUT2D eigenvalue weighted by molar-refractivity contribution is 0.0524. The van der Waals surface area contributed by atoms with Gasteiger partial charge in [0.25, 0.3) is 0 Å². The SMILES string of the molecule is CCOc1ccc(C2OC2CNC(=O)OC(C)(C)C)cc1. The molecule has 5 heteroatoms. The second kappa shape index (κ2) is 6.35. The summed E-state index contributed by atoms with van der Waals surface area (Å²) >= 11 is 0. The van der Waals surface area contributed by atoms with E-state index in [4.69, 9.17) is 14.2 Å². The van der Waals surface area contributed by atoms with E-state index in [0.717, 1.165) is 11.3 Å². The number of carbonyl (C=O) groups is 1. The van der Waals surface area contributed by atoms with Crippen molar-refractivity contribution >= 4 is 6.09 Å². The predicted molar refractivity (Wildman–Crippen MR) is 79.5 cm³/mol. The fourth-order valence-corrected chi connectivity index (χ4v) is 2.01. The van der Waals surface area contributed by atoms with Crippen LogP contribution >= 0.6 is 0 Å². The minimum absolute atomic E-state index is 0.00969. The van der Waals surface area contributed by atoms with Crippen molar-refractivity contribution < 1.29 is 19.0 Å². The number of amides is 1. The van der Waals surface area contributed by atoms with Crippen molar-refractivity contribution in [2.75, 3.05) is 13.2 Å². The Hall–Kier alpha value is -1.75. The first-order valence-electron chi connectivity index (χ1n) is 7.24. The van der Waals surface area contributed by atoms with Crippen molar-refractivity contribution in [3.63, 3.8) is 0 Å². The summed E-state index contributed by atoms with van der Waals surface area (Å²) in [7, 11) is 0. The summed E-state index contributed by atoms with van der Waals surface area (Å²) in [5.41, 5.74) is 0.609. The average molecular weight is 293 g/mol. The lowest BCUT2D eigenvalue weighted by atomic mass is 10.1. The molecule has 2 atom stereocenters. The molecular weight excluding hydrogens is 270 g/mol. The number of alkyl carbamates (subject to hydrolysis) is 1. The van der Waals surface area contributed by atoms with Crippen LogP contribution in [-0.4, -0.2) is 30.9 Å². The highest BCUT2D eigenvalue weighted by atomic mass is 16.6. The Morgan fingerprint density at radius 2 is 1.95 bits per heavy atom. The molecule has 0 radical (unpaired) electrons. The lowest BCUT2D eigenvalue weighted by Crippen LogP contribution is -2.34. The number of rotatable bonds is 5.